The van der Waals surface area contributed by atoms with Gasteiger partial charge in [0.15, 0.2) is 0 Å². The molecule has 1 saturated carbocycles. The molecule has 3 heteroatoms. The number of carbonyl (C=O) groups excluding carboxylic acids is 1. The van der Waals surface area contributed by atoms with E-state index in [1.165, 1.54) is 0 Å². The van der Waals surface area contributed by atoms with Gasteiger partial charge in [-0.25, -0.2) is 0 Å². The molecule has 0 heterocycles. The second-order valence-corrected chi connectivity index (χ2v) is 5.91. The van der Waals surface area contributed by atoms with Crippen LogP contribution in [0.5, 0.6) is 0 Å². The number of hydrogen-bond donors (Lipinski definition) is 1. The molecular formula is C15H14BrNO. The molecule has 0 aromatic heterocycles. The summed E-state index contributed by atoms with van der Waals surface area (Å²) in [5.41, 5.74) is 0.740. The van der Waals surface area contributed by atoms with E-state index in [-0.39, 0.29) is 5.91 Å². The maximum absolute atomic E-state index is 12.0. The van der Waals surface area contributed by atoms with Crippen LogP contribution in [-0.2, 0) is 0 Å². The average molecular weight is 304 g/mol. The Morgan fingerprint density at radius 2 is 1.89 bits per heavy atom. The minimum absolute atomic E-state index is 0.0363. The number of benzene rings is 2. The van der Waals surface area contributed by atoms with Crippen LogP contribution in [0.4, 0.5) is 0 Å². The number of fused-ring (bicyclic) bond motifs is 1. The van der Waals surface area contributed by atoms with Crippen LogP contribution < -0.4 is 5.32 Å². The Labute approximate surface area is 115 Å². The van der Waals surface area contributed by atoms with Gasteiger partial charge in [-0.2, -0.15) is 0 Å². The van der Waals surface area contributed by atoms with Crippen LogP contribution in [0.1, 0.15) is 23.7 Å². The van der Waals surface area contributed by atoms with Crippen molar-refractivity contribution in [1.82, 2.24) is 5.32 Å². The van der Waals surface area contributed by atoms with E-state index < -0.39 is 0 Å². The standard InChI is InChI=1S/C15H14BrNO/c1-9-6-14(9)17-15(18)12-3-2-11-8-13(16)5-4-10(11)7-12/h2-5,7-9,14H,6H2,1H3,(H,17,18). The number of amides is 1. The van der Waals surface area contributed by atoms with Crippen molar-refractivity contribution in [3.63, 3.8) is 0 Å². The smallest absolute Gasteiger partial charge is 0.251 e. The zero-order valence-electron chi connectivity index (χ0n) is 10.1. The van der Waals surface area contributed by atoms with E-state index in [2.05, 4.69) is 34.2 Å². The highest BCUT2D eigenvalue weighted by Crippen LogP contribution is 2.29. The fourth-order valence-corrected chi connectivity index (χ4v) is 2.51. The summed E-state index contributed by atoms with van der Waals surface area (Å²) in [7, 11) is 0. The van der Waals surface area contributed by atoms with Crippen molar-refractivity contribution in [2.24, 2.45) is 5.92 Å². The van der Waals surface area contributed by atoms with Crippen LogP contribution in [0.3, 0.4) is 0 Å². The molecule has 2 atom stereocenters. The lowest BCUT2D eigenvalue weighted by Gasteiger charge is -2.05. The topological polar surface area (TPSA) is 29.1 Å². The first kappa shape index (κ1) is 11.7. The molecule has 1 aliphatic rings. The summed E-state index contributed by atoms with van der Waals surface area (Å²) in [5, 5.41) is 5.28. The van der Waals surface area contributed by atoms with Gasteiger partial charge in [-0.05, 0) is 47.4 Å². The normalized spacial score (nSPS) is 21.9. The summed E-state index contributed by atoms with van der Waals surface area (Å²) in [6.07, 6.45) is 1.10. The Balaban J connectivity index is 1.88. The third-order valence-electron chi connectivity index (χ3n) is 3.49. The Bertz CT molecular complexity index is 623. The van der Waals surface area contributed by atoms with Gasteiger partial charge in [0.1, 0.15) is 0 Å². The number of rotatable bonds is 2. The van der Waals surface area contributed by atoms with Crippen LogP contribution in [0.25, 0.3) is 10.8 Å². The second kappa shape index (κ2) is 4.39. The summed E-state index contributed by atoms with van der Waals surface area (Å²) in [6, 6.07) is 12.3. The Morgan fingerprint density at radius 3 is 2.61 bits per heavy atom. The lowest BCUT2D eigenvalue weighted by Crippen LogP contribution is -2.26. The first-order valence-electron chi connectivity index (χ1n) is 6.14. The van der Waals surface area contributed by atoms with Crippen LogP contribution in [0.15, 0.2) is 40.9 Å². The fraction of sp³-hybridized carbons (Fsp3) is 0.267. The van der Waals surface area contributed by atoms with Crippen molar-refractivity contribution in [2.75, 3.05) is 0 Å². The molecule has 2 unspecified atom stereocenters. The zero-order chi connectivity index (χ0) is 12.7. The molecule has 0 radical (unpaired) electrons. The Kier molecular flexibility index (Phi) is 2.86. The van der Waals surface area contributed by atoms with Crippen molar-refractivity contribution in [3.8, 4) is 0 Å². The molecule has 0 spiro atoms. The zero-order valence-corrected chi connectivity index (χ0v) is 11.7. The summed E-state index contributed by atoms with van der Waals surface area (Å²) < 4.78 is 1.05. The predicted molar refractivity (Wildman–Crippen MR) is 76.7 cm³/mol. The quantitative estimate of drug-likeness (QED) is 0.899. The molecule has 0 saturated heterocycles. The molecule has 2 aromatic carbocycles. The average Bonchev–Trinajstić information content (AvgIpc) is 3.04. The van der Waals surface area contributed by atoms with E-state index in [9.17, 15) is 4.79 Å². The van der Waals surface area contributed by atoms with E-state index in [4.69, 9.17) is 0 Å². The van der Waals surface area contributed by atoms with Crippen molar-refractivity contribution in [2.45, 2.75) is 19.4 Å². The van der Waals surface area contributed by atoms with Gasteiger partial charge in [0.05, 0.1) is 0 Å². The molecule has 92 valence electrons. The van der Waals surface area contributed by atoms with E-state index >= 15 is 0 Å². The first-order chi connectivity index (χ1) is 8.63. The second-order valence-electron chi connectivity index (χ2n) is 5.00. The van der Waals surface area contributed by atoms with E-state index in [0.29, 0.717) is 12.0 Å². The van der Waals surface area contributed by atoms with Crippen molar-refractivity contribution >= 4 is 32.6 Å². The molecule has 1 aliphatic carbocycles. The monoisotopic (exact) mass is 303 g/mol. The number of hydrogen-bond acceptors (Lipinski definition) is 1. The van der Waals surface area contributed by atoms with E-state index in [1.54, 1.807) is 0 Å². The van der Waals surface area contributed by atoms with Gasteiger partial charge in [0, 0.05) is 16.1 Å². The Hall–Kier alpha value is -1.35. The summed E-state index contributed by atoms with van der Waals surface area (Å²) in [4.78, 5) is 12.0. The first-order valence-corrected chi connectivity index (χ1v) is 6.93. The minimum atomic E-state index is 0.0363. The SMILES string of the molecule is CC1CC1NC(=O)c1ccc2cc(Br)ccc2c1. The van der Waals surface area contributed by atoms with Gasteiger partial charge in [0.25, 0.3) is 5.91 Å². The van der Waals surface area contributed by atoms with Gasteiger partial charge in [0.2, 0.25) is 0 Å². The van der Waals surface area contributed by atoms with Gasteiger partial charge >= 0.3 is 0 Å². The van der Waals surface area contributed by atoms with Crippen LogP contribution in [0, 0.1) is 5.92 Å². The number of halogens is 1. The molecule has 2 aromatic rings. The minimum Gasteiger partial charge on any atom is -0.349 e. The van der Waals surface area contributed by atoms with Crippen LogP contribution in [-0.4, -0.2) is 11.9 Å². The Morgan fingerprint density at radius 1 is 1.22 bits per heavy atom. The third-order valence-corrected chi connectivity index (χ3v) is 3.98. The van der Waals surface area contributed by atoms with Crippen LogP contribution in [0.2, 0.25) is 0 Å². The highest BCUT2D eigenvalue weighted by molar-refractivity contribution is 9.10. The summed E-state index contributed by atoms with van der Waals surface area (Å²) in [5.74, 6) is 0.666. The van der Waals surface area contributed by atoms with Crippen LogP contribution >= 0.6 is 15.9 Å². The highest BCUT2D eigenvalue weighted by atomic mass is 79.9. The molecule has 2 nitrogen and oxygen atoms in total. The van der Waals surface area contributed by atoms with Crippen molar-refractivity contribution in [3.05, 3.63) is 46.4 Å². The number of carbonyl (C=O) groups is 1. The van der Waals surface area contributed by atoms with Gasteiger partial charge in [-0.15, -0.1) is 0 Å². The molecule has 1 N–H and O–H groups in total. The van der Waals surface area contributed by atoms with Gasteiger partial charge in [-0.1, -0.05) is 35.0 Å². The largest absolute Gasteiger partial charge is 0.349 e. The summed E-state index contributed by atoms with van der Waals surface area (Å²) in [6.45, 7) is 2.16. The van der Waals surface area contributed by atoms with Crippen molar-refractivity contribution in [1.29, 1.82) is 0 Å². The molecule has 0 aliphatic heterocycles. The molecule has 18 heavy (non-hydrogen) atoms. The molecule has 1 fully saturated rings. The van der Waals surface area contributed by atoms with Gasteiger partial charge in [-0.3, -0.25) is 4.79 Å². The van der Waals surface area contributed by atoms with E-state index in [1.807, 2.05) is 30.3 Å². The van der Waals surface area contributed by atoms with Crippen molar-refractivity contribution < 1.29 is 4.79 Å². The summed E-state index contributed by atoms with van der Waals surface area (Å²) >= 11 is 3.45. The predicted octanol–water partition coefficient (Wildman–Crippen LogP) is 3.74. The molecule has 0 bridgehead atoms. The lowest BCUT2D eigenvalue weighted by atomic mass is 10.1. The highest BCUT2D eigenvalue weighted by Gasteiger charge is 2.33. The van der Waals surface area contributed by atoms with E-state index in [0.717, 1.165) is 27.2 Å². The molecule has 3 rings (SSSR count). The maximum Gasteiger partial charge on any atom is 0.251 e. The van der Waals surface area contributed by atoms with Gasteiger partial charge < -0.3 is 5.32 Å². The molecule has 1 amide bonds. The number of nitrogens with one attached hydrogen (secondary N) is 1. The maximum atomic E-state index is 12.0. The fourth-order valence-electron chi connectivity index (χ4n) is 2.13. The third kappa shape index (κ3) is 2.27. The molecular weight excluding hydrogens is 290 g/mol. The lowest BCUT2D eigenvalue weighted by molar-refractivity contribution is 0.0949.